The highest BCUT2D eigenvalue weighted by atomic mass is 16.1. The van der Waals surface area contributed by atoms with Gasteiger partial charge in [0.2, 0.25) is 0 Å². The maximum Gasteiger partial charge on any atom is 0.158 e. The molecule has 0 aliphatic heterocycles. The van der Waals surface area contributed by atoms with Crippen molar-refractivity contribution in [2.24, 2.45) is 5.92 Å². The Balaban J connectivity index is 2.13. The number of unbranched alkanes of at least 4 members (excludes halogenated alkanes) is 3. The number of hydrogen-bond acceptors (Lipinski definition) is 1. The Morgan fingerprint density at radius 3 is 2.92 bits per heavy atom. The summed E-state index contributed by atoms with van der Waals surface area (Å²) in [5, 5.41) is 0. The standard InChI is InChI=1S/C12H20O/c1-2-3-4-5-8-11-9-6-7-10-12(11)13/h7,10-11H,2-6,8-9H2,1H3. The number of rotatable bonds is 5. The van der Waals surface area contributed by atoms with Gasteiger partial charge in [0.05, 0.1) is 0 Å². The van der Waals surface area contributed by atoms with Crippen LogP contribution in [0.15, 0.2) is 12.2 Å². The number of hydrogen-bond donors (Lipinski definition) is 0. The molecule has 1 atom stereocenters. The lowest BCUT2D eigenvalue weighted by Gasteiger charge is -2.15. The van der Waals surface area contributed by atoms with Crippen molar-refractivity contribution in [3.05, 3.63) is 12.2 Å². The minimum absolute atomic E-state index is 0.349. The van der Waals surface area contributed by atoms with Crippen LogP contribution in [0.4, 0.5) is 0 Å². The highest BCUT2D eigenvalue weighted by molar-refractivity contribution is 5.92. The molecule has 1 heteroatoms. The predicted octanol–water partition coefficient (Wildman–Crippen LogP) is 3.49. The topological polar surface area (TPSA) is 17.1 Å². The van der Waals surface area contributed by atoms with E-state index >= 15 is 0 Å². The first-order valence-electron chi connectivity index (χ1n) is 5.55. The van der Waals surface area contributed by atoms with E-state index in [2.05, 4.69) is 6.92 Å². The summed E-state index contributed by atoms with van der Waals surface area (Å²) in [4.78, 5) is 11.4. The van der Waals surface area contributed by atoms with Crippen LogP contribution in [0.3, 0.4) is 0 Å². The van der Waals surface area contributed by atoms with Crippen LogP contribution < -0.4 is 0 Å². The Morgan fingerprint density at radius 1 is 1.38 bits per heavy atom. The summed E-state index contributed by atoms with van der Waals surface area (Å²) in [7, 11) is 0. The van der Waals surface area contributed by atoms with E-state index in [9.17, 15) is 4.79 Å². The first-order valence-corrected chi connectivity index (χ1v) is 5.55. The van der Waals surface area contributed by atoms with Crippen LogP contribution >= 0.6 is 0 Å². The minimum atomic E-state index is 0.349. The van der Waals surface area contributed by atoms with E-state index in [0.29, 0.717) is 11.7 Å². The molecule has 0 amide bonds. The molecule has 0 aromatic rings. The molecule has 0 spiro atoms. The number of ketones is 1. The molecule has 0 radical (unpaired) electrons. The molecule has 1 unspecified atom stereocenters. The number of allylic oxidation sites excluding steroid dienone is 2. The Kier molecular flexibility index (Phi) is 4.81. The van der Waals surface area contributed by atoms with Crippen LogP contribution in [0.1, 0.15) is 51.9 Å². The van der Waals surface area contributed by atoms with Gasteiger partial charge in [-0.05, 0) is 25.3 Å². The van der Waals surface area contributed by atoms with Crippen molar-refractivity contribution < 1.29 is 4.79 Å². The zero-order valence-electron chi connectivity index (χ0n) is 8.59. The second kappa shape index (κ2) is 5.95. The molecule has 0 fully saturated rings. The van der Waals surface area contributed by atoms with Gasteiger partial charge in [-0.2, -0.15) is 0 Å². The minimum Gasteiger partial charge on any atom is -0.295 e. The zero-order chi connectivity index (χ0) is 9.52. The fourth-order valence-corrected chi connectivity index (χ4v) is 1.88. The third-order valence-electron chi connectivity index (χ3n) is 2.77. The molecule has 1 aliphatic carbocycles. The molecule has 0 aromatic heterocycles. The van der Waals surface area contributed by atoms with Crippen molar-refractivity contribution in [1.82, 2.24) is 0 Å². The first-order chi connectivity index (χ1) is 6.34. The van der Waals surface area contributed by atoms with Crippen LogP contribution in [-0.2, 0) is 4.79 Å². The van der Waals surface area contributed by atoms with E-state index in [1.54, 1.807) is 6.08 Å². The van der Waals surface area contributed by atoms with Crippen molar-refractivity contribution in [2.75, 3.05) is 0 Å². The van der Waals surface area contributed by atoms with Crippen LogP contribution in [0.2, 0.25) is 0 Å². The summed E-state index contributed by atoms with van der Waals surface area (Å²) >= 11 is 0. The second-order valence-electron chi connectivity index (χ2n) is 3.93. The summed E-state index contributed by atoms with van der Waals surface area (Å²) in [6, 6.07) is 0. The van der Waals surface area contributed by atoms with E-state index in [1.807, 2.05) is 6.08 Å². The molecule has 0 saturated heterocycles. The summed E-state index contributed by atoms with van der Waals surface area (Å²) in [6.45, 7) is 2.22. The smallest absolute Gasteiger partial charge is 0.158 e. The normalized spacial score (nSPS) is 22.2. The maximum absolute atomic E-state index is 11.4. The van der Waals surface area contributed by atoms with Gasteiger partial charge in [0.25, 0.3) is 0 Å². The lowest BCUT2D eigenvalue weighted by atomic mass is 9.88. The molecule has 0 heterocycles. The monoisotopic (exact) mass is 180 g/mol. The van der Waals surface area contributed by atoms with Gasteiger partial charge in [-0.15, -0.1) is 0 Å². The molecule has 0 aromatic carbocycles. The van der Waals surface area contributed by atoms with Crippen LogP contribution in [-0.4, -0.2) is 5.78 Å². The number of carbonyl (C=O) groups excluding carboxylic acids is 1. The summed E-state index contributed by atoms with van der Waals surface area (Å²) < 4.78 is 0. The van der Waals surface area contributed by atoms with E-state index in [1.165, 1.54) is 25.7 Å². The lowest BCUT2D eigenvalue weighted by molar-refractivity contribution is -0.119. The molecule has 1 nitrogen and oxygen atoms in total. The Bertz CT molecular complexity index is 182. The van der Waals surface area contributed by atoms with Gasteiger partial charge in [0.15, 0.2) is 5.78 Å². The van der Waals surface area contributed by atoms with E-state index < -0.39 is 0 Å². The molecule has 74 valence electrons. The quantitative estimate of drug-likeness (QED) is 0.592. The van der Waals surface area contributed by atoms with E-state index in [0.717, 1.165) is 19.3 Å². The van der Waals surface area contributed by atoms with Crippen molar-refractivity contribution in [3.63, 3.8) is 0 Å². The summed E-state index contributed by atoms with van der Waals surface area (Å²) in [5.74, 6) is 0.713. The Labute approximate surface area is 81.2 Å². The average Bonchev–Trinajstić information content (AvgIpc) is 2.15. The van der Waals surface area contributed by atoms with E-state index in [-0.39, 0.29) is 0 Å². The molecule has 0 N–H and O–H groups in total. The van der Waals surface area contributed by atoms with Gasteiger partial charge in [0.1, 0.15) is 0 Å². The highest BCUT2D eigenvalue weighted by Crippen LogP contribution is 2.21. The summed E-state index contributed by atoms with van der Waals surface area (Å²) in [5.41, 5.74) is 0. The summed E-state index contributed by atoms with van der Waals surface area (Å²) in [6.07, 6.45) is 12.2. The van der Waals surface area contributed by atoms with E-state index in [4.69, 9.17) is 0 Å². The fourth-order valence-electron chi connectivity index (χ4n) is 1.88. The van der Waals surface area contributed by atoms with Crippen molar-refractivity contribution in [2.45, 2.75) is 51.9 Å². The third-order valence-corrected chi connectivity index (χ3v) is 2.77. The van der Waals surface area contributed by atoms with Gasteiger partial charge in [-0.3, -0.25) is 4.79 Å². The van der Waals surface area contributed by atoms with Crippen LogP contribution in [0.5, 0.6) is 0 Å². The molecule has 1 aliphatic rings. The van der Waals surface area contributed by atoms with Crippen molar-refractivity contribution in [1.29, 1.82) is 0 Å². The predicted molar refractivity (Wildman–Crippen MR) is 55.6 cm³/mol. The Hall–Kier alpha value is -0.590. The highest BCUT2D eigenvalue weighted by Gasteiger charge is 2.17. The molecular weight excluding hydrogens is 160 g/mol. The average molecular weight is 180 g/mol. The molecule has 0 saturated carbocycles. The largest absolute Gasteiger partial charge is 0.295 e. The number of carbonyl (C=O) groups is 1. The first kappa shape index (κ1) is 10.5. The second-order valence-corrected chi connectivity index (χ2v) is 3.93. The molecule has 0 bridgehead atoms. The van der Waals surface area contributed by atoms with Gasteiger partial charge >= 0.3 is 0 Å². The van der Waals surface area contributed by atoms with Gasteiger partial charge in [-0.1, -0.05) is 38.7 Å². The van der Waals surface area contributed by atoms with Crippen LogP contribution in [0, 0.1) is 5.92 Å². The van der Waals surface area contributed by atoms with Crippen LogP contribution in [0.25, 0.3) is 0 Å². The molecule has 1 rings (SSSR count). The van der Waals surface area contributed by atoms with Crippen molar-refractivity contribution >= 4 is 5.78 Å². The third kappa shape index (κ3) is 3.75. The molecule has 13 heavy (non-hydrogen) atoms. The van der Waals surface area contributed by atoms with Gasteiger partial charge in [-0.25, -0.2) is 0 Å². The fraction of sp³-hybridized carbons (Fsp3) is 0.750. The molecular formula is C12H20O. The zero-order valence-corrected chi connectivity index (χ0v) is 8.59. The van der Waals surface area contributed by atoms with Gasteiger partial charge in [0, 0.05) is 5.92 Å². The van der Waals surface area contributed by atoms with Gasteiger partial charge < -0.3 is 0 Å². The lowest BCUT2D eigenvalue weighted by Crippen LogP contribution is -2.14. The Morgan fingerprint density at radius 2 is 2.23 bits per heavy atom. The maximum atomic E-state index is 11.4. The SMILES string of the molecule is CCCCCCC1CCC=CC1=O. The van der Waals surface area contributed by atoms with Crippen molar-refractivity contribution in [3.8, 4) is 0 Å².